The van der Waals surface area contributed by atoms with Gasteiger partial charge in [-0.3, -0.25) is 4.90 Å². The van der Waals surface area contributed by atoms with E-state index in [-0.39, 0.29) is 0 Å². The molecule has 2 heterocycles. The molecule has 32 heavy (non-hydrogen) atoms. The van der Waals surface area contributed by atoms with Crippen LogP contribution in [0.5, 0.6) is 0 Å². The van der Waals surface area contributed by atoms with Crippen molar-refractivity contribution in [1.29, 1.82) is 0 Å². The first-order valence-electron chi connectivity index (χ1n) is 10.6. The van der Waals surface area contributed by atoms with E-state index in [1.54, 1.807) is 18.4 Å². The molecule has 1 aromatic heterocycles. The molecule has 0 saturated heterocycles. The van der Waals surface area contributed by atoms with E-state index >= 15 is 0 Å². The number of hydrogen-bond donors (Lipinski definition) is 3. The molecule has 0 bridgehead atoms. The van der Waals surface area contributed by atoms with Crippen molar-refractivity contribution in [2.75, 3.05) is 6.54 Å². The molecule has 0 spiro atoms. The molecule has 1 atom stereocenters. The number of tetrazole rings is 1. The number of aromatic amines is 1. The van der Waals surface area contributed by atoms with E-state index in [1.165, 1.54) is 0 Å². The Bertz CT molecular complexity index is 1140. The molecular weight excluding hydrogens is 404 g/mol. The van der Waals surface area contributed by atoms with Crippen LogP contribution in [0.2, 0.25) is 0 Å². The standard InChI is InChI=1S/C24H26N6O2/c1-3-15-30(24(2)21(23(31)32)9-6-14-25-24)16-17-10-12-18(13-11-17)19-7-4-5-8-20(19)22-26-28-29-27-22/h4-14,25H,3,15-16H2,1-2H3,(H,31,32)(H,26,27,28,29). The summed E-state index contributed by atoms with van der Waals surface area (Å²) in [7, 11) is 0. The number of carbonyl (C=O) groups is 1. The van der Waals surface area contributed by atoms with Crippen LogP contribution in [0, 0.1) is 0 Å². The quantitative estimate of drug-likeness (QED) is 0.501. The van der Waals surface area contributed by atoms with Gasteiger partial charge < -0.3 is 10.4 Å². The highest BCUT2D eigenvalue weighted by atomic mass is 16.4. The van der Waals surface area contributed by atoms with Crippen molar-refractivity contribution in [3.8, 4) is 22.5 Å². The minimum atomic E-state index is -0.917. The summed E-state index contributed by atoms with van der Waals surface area (Å²) in [5, 5.41) is 27.2. The van der Waals surface area contributed by atoms with Gasteiger partial charge in [0.05, 0.1) is 5.57 Å². The van der Waals surface area contributed by atoms with Crippen molar-refractivity contribution < 1.29 is 9.90 Å². The highest BCUT2D eigenvalue weighted by Crippen LogP contribution is 2.31. The summed E-state index contributed by atoms with van der Waals surface area (Å²) < 4.78 is 0. The van der Waals surface area contributed by atoms with E-state index in [2.05, 4.69) is 62.0 Å². The molecule has 0 fully saturated rings. The Morgan fingerprint density at radius 2 is 1.88 bits per heavy atom. The number of carboxylic acid groups (broad SMARTS) is 1. The lowest BCUT2D eigenvalue weighted by Crippen LogP contribution is -2.58. The molecular formula is C24H26N6O2. The predicted octanol–water partition coefficient (Wildman–Crippen LogP) is 3.59. The van der Waals surface area contributed by atoms with Crippen LogP contribution < -0.4 is 5.32 Å². The minimum absolute atomic E-state index is 0.333. The van der Waals surface area contributed by atoms with Crippen molar-refractivity contribution in [3.63, 3.8) is 0 Å². The summed E-state index contributed by atoms with van der Waals surface area (Å²) in [6.07, 6.45) is 6.10. The number of allylic oxidation sites excluding steroid dienone is 2. The molecule has 1 unspecified atom stereocenters. The minimum Gasteiger partial charge on any atom is -0.478 e. The second-order valence-electron chi connectivity index (χ2n) is 7.88. The summed E-state index contributed by atoms with van der Waals surface area (Å²) in [5.74, 6) is -0.296. The summed E-state index contributed by atoms with van der Waals surface area (Å²) in [4.78, 5) is 14.0. The number of benzene rings is 2. The summed E-state index contributed by atoms with van der Waals surface area (Å²) in [5.41, 5.74) is 3.66. The highest BCUT2D eigenvalue weighted by molar-refractivity contribution is 5.90. The van der Waals surface area contributed by atoms with Crippen LogP contribution in [-0.2, 0) is 11.3 Å². The summed E-state index contributed by atoms with van der Waals surface area (Å²) in [6, 6.07) is 16.3. The normalized spacial score (nSPS) is 17.8. The number of carboxylic acids is 1. The van der Waals surface area contributed by atoms with Gasteiger partial charge in [-0.1, -0.05) is 55.5 Å². The number of aromatic nitrogens is 4. The van der Waals surface area contributed by atoms with Crippen LogP contribution in [0.25, 0.3) is 22.5 Å². The van der Waals surface area contributed by atoms with Gasteiger partial charge in [0.25, 0.3) is 0 Å². The Labute approximate surface area is 186 Å². The van der Waals surface area contributed by atoms with Gasteiger partial charge in [0.2, 0.25) is 0 Å². The van der Waals surface area contributed by atoms with Crippen LogP contribution in [-0.4, -0.2) is 48.8 Å². The Morgan fingerprint density at radius 3 is 2.53 bits per heavy atom. The van der Waals surface area contributed by atoms with Gasteiger partial charge in [-0.05, 0) is 58.8 Å². The fraction of sp³-hybridized carbons (Fsp3) is 0.250. The van der Waals surface area contributed by atoms with Gasteiger partial charge in [-0.15, -0.1) is 5.10 Å². The van der Waals surface area contributed by atoms with Crippen molar-refractivity contribution in [1.82, 2.24) is 30.8 Å². The second-order valence-corrected chi connectivity index (χ2v) is 7.88. The van der Waals surface area contributed by atoms with E-state index in [0.29, 0.717) is 17.9 Å². The lowest BCUT2D eigenvalue weighted by atomic mass is 9.95. The SMILES string of the molecule is CCCN(Cc1ccc(-c2ccccc2-c2nnn[nH]2)cc1)C1(C)NC=CC=C1C(=O)O. The summed E-state index contributed by atoms with van der Waals surface area (Å²) >= 11 is 0. The zero-order chi connectivity index (χ0) is 22.6. The topological polar surface area (TPSA) is 107 Å². The van der Waals surface area contributed by atoms with Gasteiger partial charge in [0.15, 0.2) is 5.82 Å². The first kappa shape index (κ1) is 21.5. The van der Waals surface area contributed by atoms with Crippen molar-refractivity contribution >= 4 is 5.97 Å². The van der Waals surface area contributed by atoms with Crippen molar-refractivity contribution in [2.24, 2.45) is 0 Å². The molecule has 2 aromatic carbocycles. The number of nitrogens with one attached hydrogen (secondary N) is 2. The predicted molar refractivity (Wildman–Crippen MR) is 122 cm³/mol. The van der Waals surface area contributed by atoms with Crippen LogP contribution in [0.1, 0.15) is 25.8 Å². The third-order valence-corrected chi connectivity index (χ3v) is 5.77. The number of dihydropyridines is 1. The molecule has 1 aliphatic rings. The number of nitrogens with zero attached hydrogens (tertiary/aromatic N) is 4. The van der Waals surface area contributed by atoms with Crippen LogP contribution in [0.15, 0.2) is 72.5 Å². The average molecular weight is 431 g/mol. The molecule has 0 amide bonds. The number of aliphatic carboxylic acids is 1. The molecule has 3 N–H and O–H groups in total. The van der Waals surface area contributed by atoms with E-state index in [9.17, 15) is 9.90 Å². The number of rotatable bonds is 8. The lowest BCUT2D eigenvalue weighted by Gasteiger charge is -2.43. The van der Waals surface area contributed by atoms with Crippen LogP contribution in [0.4, 0.5) is 0 Å². The van der Waals surface area contributed by atoms with E-state index in [0.717, 1.165) is 35.2 Å². The zero-order valence-corrected chi connectivity index (χ0v) is 18.1. The van der Waals surface area contributed by atoms with Gasteiger partial charge in [-0.2, -0.15) is 0 Å². The fourth-order valence-corrected chi connectivity index (χ4v) is 4.09. The first-order valence-corrected chi connectivity index (χ1v) is 10.6. The monoisotopic (exact) mass is 430 g/mol. The van der Waals surface area contributed by atoms with Crippen molar-refractivity contribution in [2.45, 2.75) is 32.5 Å². The third kappa shape index (κ3) is 4.17. The maximum atomic E-state index is 11.9. The molecule has 0 radical (unpaired) electrons. The van der Waals surface area contributed by atoms with Gasteiger partial charge in [0, 0.05) is 18.7 Å². The van der Waals surface area contributed by atoms with Crippen LogP contribution >= 0.6 is 0 Å². The number of H-pyrrole nitrogens is 1. The van der Waals surface area contributed by atoms with E-state index < -0.39 is 11.6 Å². The molecule has 8 heteroatoms. The molecule has 0 saturated carbocycles. The largest absolute Gasteiger partial charge is 0.478 e. The van der Waals surface area contributed by atoms with E-state index in [4.69, 9.17) is 0 Å². The molecule has 4 rings (SSSR count). The fourth-order valence-electron chi connectivity index (χ4n) is 4.09. The second kappa shape index (κ2) is 9.15. The zero-order valence-electron chi connectivity index (χ0n) is 18.1. The molecule has 3 aromatic rings. The molecule has 8 nitrogen and oxygen atoms in total. The smallest absolute Gasteiger partial charge is 0.335 e. The summed E-state index contributed by atoms with van der Waals surface area (Å²) in [6.45, 7) is 5.38. The first-order chi connectivity index (χ1) is 15.5. The maximum absolute atomic E-state index is 11.9. The van der Waals surface area contributed by atoms with Gasteiger partial charge >= 0.3 is 5.97 Å². The van der Waals surface area contributed by atoms with Gasteiger partial charge in [0.1, 0.15) is 5.66 Å². The van der Waals surface area contributed by atoms with Crippen LogP contribution in [0.3, 0.4) is 0 Å². The van der Waals surface area contributed by atoms with Gasteiger partial charge in [-0.25, -0.2) is 9.89 Å². The lowest BCUT2D eigenvalue weighted by molar-refractivity contribution is -0.134. The number of hydrogen-bond acceptors (Lipinski definition) is 6. The molecule has 164 valence electrons. The Balaban J connectivity index is 1.60. The molecule has 1 aliphatic heterocycles. The van der Waals surface area contributed by atoms with Crippen molar-refractivity contribution in [3.05, 3.63) is 78.0 Å². The third-order valence-electron chi connectivity index (χ3n) is 5.77. The maximum Gasteiger partial charge on any atom is 0.335 e. The Hall–Kier alpha value is -3.78. The van der Waals surface area contributed by atoms with E-state index in [1.807, 2.05) is 31.2 Å². The Kier molecular flexibility index (Phi) is 6.13. The Morgan fingerprint density at radius 1 is 1.12 bits per heavy atom. The average Bonchev–Trinajstić information content (AvgIpc) is 3.34. The molecule has 0 aliphatic carbocycles. The highest BCUT2D eigenvalue weighted by Gasteiger charge is 2.39.